The Morgan fingerprint density at radius 1 is 1.33 bits per heavy atom. The maximum atomic E-state index is 12.3. The van der Waals surface area contributed by atoms with Gasteiger partial charge in [-0.25, -0.2) is 9.78 Å². The molecule has 128 valence electrons. The molecular weight excluding hydrogens is 306 g/mol. The number of hydrogen-bond donors (Lipinski definition) is 2. The Kier molecular flexibility index (Phi) is 4.98. The van der Waals surface area contributed by atoms with Gasteiger partial charge in [0.25, 0.3) is 0 Å². The minimum absolute atomic E-state index is 0.0487. The molecule has 1 aromatic carbocycles. The summed E-state index contributed by atoms with van der Waals surface area (Å²) in [6, 6.07) is 7.30. The number of urea groups is 1. The number of likely N-dealkylation sites (tertiary alicyclic amines) is 1. The van der Waals surface area contributed by atoms with Crippen molar-refractivity contribution in [3.8, 4) is 5.75 Å². The van der Waals surface area contributed by atoms with Crippen molar-refractivity contribution in [3.05, 3.63) is 35.9 Å². The minimum Gasteiger partial charge on any atom is -0.497 e. The number of ether oxygens (including phenoxy) is 1. The second-order valence-electron chi connectivity index (χ2n) is 6.13. The Hall–Kier alpha value is -2.57. The van der Waals surface area contributed by atoms with E-state index in [-0.39, 0.29) is 6.03 Å². The minimum atomic E-state index is -0.0487. The third kappa shape index (κ3) is 4.04. The summed E-state index contributed by atoms with van der Waals surface area (Å²) in [7, 11) is 1.62. The molecule has 1 fully saturated rings. The van der Waals surface area contributed by atoms with E-state index in [1.165, 1.54) is 0 Å². The number of rotatable bonds is 4. The molecule has 7 nitrogen and oxygen atoms in total. The lowest BCUT2D eigenvalue weighted by Gasteiger charge is -2.31. The van der Waals surface area contributed by atoms with Crippen molar-refractivity contribution in [2.45, 2.75) is 26.2 Å². The third-order valence-electron chi connectivity index (χ3n) is 4.36. The predicted octanol–water partition coefficient (Wildman–Crippen LogP) is 2.61. The fraction of sp³-hybridized carbons (Fsp3) is 0.471. The fourth-order valence-corrected chi connectivity index (χ4v) is 2.96. The molecule has 2 aromatic rings. The first-order chi connectivity index (χ1) is 11.6. The van der Waals surface area contributed by atoms with E-state index in [4.69, 9.17) is 4.74 Å². The number of nitrogens with zero attached hydrogens (tertiary/aromatic N) is 3. The Morgan fingerprint density at radius 3 is 2.62 bits per heavy atom. The second-order valence-corrected chi connectivity index (χ2v) is 6.13. The summed E-state index contributed by atoms with van der Waals surface area (Å²) in [5.41, 5.74) is 0.777. The van der Waals surface area contributed by atoms with Crippen LogP contribution in [0.15, 0.2) is 24.3 Å². The highest BCUT2D eigenvalue weighted by Gasteiger charge is 2.24. The number of hydrogen-bond acceptors (Lipinski definition) is 4. The van der Waals surface area contributed by atoms with Crippen molar-refractivity contribution in [1.82, 2.24) is 20.1 Å². The average Bonchev–Trinajstić information content (AvgIpc) is 3.01. The molecule has 0 saturated carbocycles. The molecule has 3 rings (SSSR count). The molecule has 0 spiro atoms. The van der Waals surface area contributed by atoms with Crippen molar-refractivity contribution < 1.29 is 9.53 Å². The normalized spacial score (nSPS) is 15.3. The van der Waals surface area contributed by atoms with Crippen LogP contribution in [0.3, 0.4) is 0 Å². The van der Waals surface area contributed by atoms with Crippen molar-refractivity contribution in [1.29, 1.82) is 0 Å². The van der Waals surface area contributed by atoms with Crippen LogP contribution < -0.4 is 10.1 Å². The number of methoxy groups -OCH3 is 1. The summed E-state index contributed by atoms with van der Waals surface area (Å²) in [4.78, 5) is 18.6. The van der Waals surface area contributed by atoms with Gasteiger partial charge < -0.3 is 15.0 Å². The fourth-order valence-electron chi connectivity index (χ4n) is 2.96. The summed E-state index contributed by atoms with van der Waals surface area (Å²) in [5, 5.41) is 10.0. The average molecular weight is 329 g/mol. The van der Waals surface area contributed by atoms with Crippen LogP contribution in [0.4, 0.5) is 10.5 Å². The van der Waals surface area contributed by atoms with E-state index in [2.05, 4.69) is 20.5 Å². The monoisotopic (exact) mass is 329 g/mol. The zero-order valence-electron chi connectivity index (χ0n) is 14.1. The molecule has 1 aromatic heterocycles. The largest absolute Gasteiger partial charge is 0.497 e. The van der Waals surface area contributed by atoms with Gasteiger partial charge in [0.1, 0.15) is 11.6 Å². The van der Waals surface area contributed by atoms with Crippen LogP contribution in [-0.2, 0) is 6.42 Å². The van der Waals surface area contributed by atoms with Crippen LogP contribution in [0.2, 0.25) is 0 Å². The molecule has 1 aliphatic rings. The zero-order chi connectivity index (χ0) is 16.9. The van der Waals surface area contributed by atoms with Crippen molar-refractivity contribution in [2.24, 2.45) is 5.92 Å². The van der Waals surface area contributed by atoms with Gasteiger partial charge >= 0.3 is 6.03 Å². The van der Waals surface area contributed by atoms with Crippen molar-refractivity contribution in [3.63, 3.8) is 0 Å². The van der Waals surface area contributed by atoms with Crippen LogP contribution in [0.1, 0.15) is 24.5 Å². The van der Waals surface area contributed by atoms with Crippen LogP contribution in [-0.4, -0.2) is 46.3 Å². The van der Waals surface area contributed by atoms with E-state index < -0.39 is 0 Å². The molecule has 2 N–H and O–H groups in total. The Bertz CT molecular complexity index is 675. The van der Waals surface area contributed by atoms with Crippen LogP contribution in [0, 0.1) is 12.8 Å². The zero-order valence-corrected chi connectivity index (χ0v) is 14.1. The van der Waals surface area contributed by atoms with Crippen LogP contribution in [0.25, 0.3) is 0 Å². The number of benzene rings is 1. The number of nitrogens with one attached hydrogen (secondary N) is 2. The van der Waals surface area contributed by atoms with Gasteiger partial charge in [-0.15, -0.1) is 0 Å². The molecule has 0 radical (unpaired) electrons. The number of carbonyl (C=O) groups excluding carboxylic acids is 1. The molecule has 1 aliphatic heterocycles. The van der Waals surface area contributed by atoms with Crippen LogP contribution in [0.5, 0.6) is 5.75 Å². The number of aromatic amines is 1. The number of amides is 2. The molecule has 24 heavy (non-hydrogen) atoms. The number of anilines is 1. The lowest BCUT2D eigenvalue weighted by Crippen LogP contribution is -2.41. The second kappa shape index (κ2) is 7.33. The number of piperidine rings is 1. The highest BCUT2D eigenvalue weighted by molar-refractivity contribution is 5.89. The van der Waals surface area contributed by atoms with Crippen molar-refractivity contribution >= 4 is 11.7 Å². The molecule has 0 aliphatic carbocycles. The SMILES string of the molecule is COc1ccc(NC(=O)N2CCC(Cc3n[nH]c(C)n3)CC2)cc1. The molecule has 2 heterocycles. The number of carbonyl (C=O) groups is 1. The standard InChI is InChI=1S/C17H23N5O2/c1-12-18-16(21-20-12)11-13-7-9-22(10-8-13)17(23)19-14-3-5-15(24-2)6-4-14/h3-6,13H,7-11H2,1-2H3,(H,19,23)(H,18,20,21). The van der Waals surface area contributed by atoms with Gasteiger partial charge in [-0.3, -0.25) is 5.10 Å². The van der Waals surface area contributed by atoms with Crippen LogP contribution >= 0.6 is 0 Å². The van der Waals surface area contributed by atoms with Gasteiger partial charge in [-0.2, -0.15) is 5.10 Å². The summed E-state index contributed by atoms with van der Waals surface area (Å²) in [6.45, 7) is 3.43. The molecule has 0 atom stereocenters. The Balaban J connectivity index is 1.47. The number of aromatic nitrogens is 3. The van der Waals surface area contributed by atoms with Gasteiger partial charge in [-0.05, 0) is 49.9 Å². The summed E-state index contributed by atoms with van der Waals surface area (Å²) < 4.78 is 5.12. The van der Waals surface area contributed by atoms with Gasteiger partial charge in [0.15, 0.2) is 5.82 Å². The summed E-state index contributed by atoms with van der Waals surface area (Å²) in [5.74, 6) is 3.02. The summed E-state index contributed by atoms with van der Waals surface area (Å²) >= 11 is 0. The quantitative estimate of drug-likeness (QED) is 0.903. The Morgan fingerprint density at radius 2 is 2.04 bits per heavy atom. The smallest absolute Gasteiger partial charge is 0.321 e. The summed E-state index contributed by atoms with van der Waals surface area (Å²) in [6.07, 6.45) is 2.82. The van der Waals surface area contributed by atoms with Gasteiger partial charge in [0, 0.05) is 25.2 Å². The molecular formula is C17H23N5O2. The Labute approximate surface area is 141 Å². The molecule has 1 saturated heterocycles. The molecule has 0 unspecified atom stereocenters. The molecule has 0 bridgehead atoms. The van der Waals surface area contributed by atoms with E-state index in [0.717, 1.165) is 55.4 Å². The maximum absolute atomic E-state index is 12.3. The molecule has 7 heteroatoms. The first kappa shape index (κ1) is 16.3. The van der Waals surface area contributed by atoms with Gasteiger partial charge in [-0.1, -0.05) is 0 Å². The number of H-pyrrole nitrogens is 1. The lowest BCUT2D eigenvalue weighted by atomic mass is 9.93. The van der Waals surface area contributed by atoms with Gasteiger partial charge in [0.05, 0.1) is 7.11 Å². The first-order valence-electron chi connectivity index (χ1n) is 8.22. The third-order valence-corrected chi connectivity index (χ3v) is 4.36. The predicted molar refractivity (Wildman–Crippen MR) is 91.1 cm³/mol. The number of aryl methyl sites for hydroxylation is 1. The topological polar surface area (TPSA) is 83.1 Å². The van der Waals surface area contributed by atoms with E-state index >= 15 is 0 Å². The molecule has 2 amide bonds. The maximum Gasteiger partial charge on any atom is 0.321 e. The van der Waals surface area contributed by atoms with E-state index in [1.54, 1.807) is 7.11 Å². The van der Waals surface area contributed by atoms with Gasteiger partial charge in [0.2, 0.25) is 0 Å². The van der Waals surface area contributed by atoms with E-state index in [9.17, 15) is 4.79 Å². The highest BCUT2D eigenvalue weighted by Crippen LogP contribution is 2.21. The van der Waals surface area contributed by atoms with E-state index in [1.807, 2.05) is 36.1 Å². The highest BCUT2D eigenvalue weighted by atomic mass is 16.5. The van der Waals surface area contributed by atoms with E-state index in [0.29, 0.717) is 5.92 Å². The lowest BCUT2D eigenvalue weighted by molar-refractivity contribution is 0.182. The van der Waals surface area contributed by atoms with Crippen molar-refractivity contribution in [2.75, 3.05) is 25.5 Å². The first-order valence-corrected chi connectivity index (χ1v) is 8.22.